The number of para-hydroxylation sites is 1. The zero-order valence-corrected chi connectivity index (χ0v) is 27.0. The molecule has 1 saturated heterocycles. The Hall–Kier alpha value is -1.42. The molecular weight excluding hydrogens is 616 g/mol. The van der Waals surface area contributed by atoms with Crippen LogP contribution in [0.5, 0.6) is 0 Å². The molecule has 0 spiro atoms. The van der Waals surface area contributed by atoms with Gasteiger partial charge in [-0.05, 0) is 80.0 Å². The Labute approximate surface area is 241 Å². The molecule has 2 N–H and O–H groups in total. The lowest BCUT2D eigenvalue weighted by molar-refractivity contribution is -0.105. The number of aryl methyl sites for hydroxylation is 1. The van der Waals surface area contributed by atoms with Crippen molar-refractivity contribution >= 4 is 74.9 Å². The molecule has 1 aliphatic heterocycles. The second-order valence-corrected chi connectivity index (χ2v) is 12.2. The lowest BCUT2D eigenvalue weighted by atomic mass is 10.1. The van der Waals surface area contributed by atoms with Gasteiger partial charge in [0, 0.05) is 17.6 Å². The molecule has 3 aromatic rings. The molecule has 7 nitrogen and oxygen atoms in total. The van der Waals surface area contributed by atoms with E-state index < -0.39 is 0 Å². The smallest absolute Gasteiger partial charge is 0.212 e. The van der Waals surface area contributed by atoms with E-state index in [1.807, 2.05) is 49.6 Å². The lowest BCUT2D eigenvalue weighted by Gasteiger charge is -2.14. The summed E-state index contributed by atoms with van der Waals surface area (Å²) in [4.78, 5) is 21.2. The number of anilines is 3. The van der Waals surface area contributed by atoms with Gasteiger partial charge in [-0.2, -0.15) is 0 Å². The number of hydrogen-bond donors (Lipinski definition) is 2. The summed E-state index contributed by atoms with van der Waals surface area (Å²) in [5.41, 5.74) is 3.57. The molecule has 5 rings (SSSR count). The van der Waals surface area contributed by atoms with Gasteiger partial charge in [0.05, 0.1) is 23.3 Å². The Bertz CT molecular complexity index is 1130. The van der Waals surface area contributed by atoms with Crippen LogP contribution in [-0.2, 0) is 9.53 Å². The molecule has 1 aliphatic carbocycles. The quantitative estimate of drug-likeness (QED) is 0.120. The first-order valence-electron chi connectivity index (χ1n) is 12.8. The minimum Gasteiger partial charge on any atom is -0.376 e. The van der Waals surface area contributed by atoms with Crippen LogP contribution in [0.4, 0.5) is 17.2 Å². The van der Waals surface area contributed by atoms with Crippen molar-refractivity contribution in [3.8, 4) is 0 Å². The number of aromatic nitrogens is 3. The van der Waals surface area contributed by atoms with Gasteiger partial charge in [0.15, 0.2) is 5.65 Å². The largest absolute Gasteiger partial charge is 0.376 e. The molecule has 2 aromatic heterocycles. The zero-order valence-electron chi connectivity index (χ0n) is 23.0. The van der Waals surface area contributed by atoms with Crippen molar-refractivity contribution in [3.63, 3.8) is 0 Å². The predicted octanol–water partition coefficient (Wildman–Crippen LogP) is 8.58. The molecule has 1 amide bonds. The van der Waals surface area contributed by atoms with E-state index in [0.29, 0.717) is 18.6 Å². The number of pyridine rings is 1. The maximum atomic E-state index is 10.8. The summed E-state index contributed by atoms with van der Waals surface area (Å²) in [6, 6.07) is 9.89. The molecule has 1 unspecified atom stereocenters. The number of ether oxygens (including phenoxy) is 1. The first kappa shape index (κ1) is 31.8. The number of halogens is 1. The van der Waals surface area contributed by atoms with Gasteiger partial charge < -0.3 is 15.4 Å². The van der Waals surface area contributed by atoms with Gasteiger partial charge >= 0.3 is 0 Å². The number of thioether (sulfide) groups is 1. The van der Waals surface area contributed by atoms with Gasteiger partial charge in [0.1, 0.15) is 17.2 Å². The fraction of sp³-hybridized carbons (Fsp3) is 0.519. The molecule has 2 aliphatic rings. The topological polar surface area (TPSA) is 81.1 Å². The van der Waals surface area contributed by atoms with E-state index in [-0.39, 0.29) is 5.60 Å². The van der Waals surface area contributed by atoms with Crippen LogP contribution in [0.1, 0.15) is 66.1 Å². The number of nitrogens with zero attached hydrogens (tertiary/aromatic N) is 3. The van der Waals surface area contributed by atoms with Gasteiger partial charge in [-0.25, -0.2) is 9.97 Å². The average Bonchev–Trinajstić information content (AvgIpc) is 3.46. The SMILES string of the molecule is CC.CC1(C)CCCO1.CC1CC1.CSc1ccccc1Nc1cc(NC=O)nc2c1nc(C)n2PI. The highest BCUT2D eigenvalue weighted by Crippen LogP contribution is 2.36. The summed E-state index contributed by atoms with van der Waals surface area (Å²) in [6.45, 7) is 13.5. The number of imidazole rings is 1. The lowest BCUT2D eigenvalue weighted by Crippen LogP contribution is -2.15. The highest BCUT2D eigenvalue weighted by molar-refractivity contribution is 14.2. The van der Waals surface area contributed by atoms with Crippen molar-refractivity contribution in [2.75, 3.05) is 23.5 Å². The number of fused-ring (bicyclic) bond motifs is 1. The van der Waals surface area contributed by atoms with Crippen LogP contribution >= 0.6 is 40.2 Å². The number of carbonyl (C=O) groups is 1. The summed E-state index contributed by atoms with van der Waals surface area (Å²) in [5, 5.41) is 6.08. The molecule has 1 aromatic carbocycles. The van der Waals surface area contributed by atoms with E-state index in [0.717, 1.165) is 45.8 Å². The average molecular weight is 658 g/mol. The third-order valence-corrected chi connectivity index (χ3v) is 8.68. The Balaban J connectivity index is 0.000000302. The summed E-state index contributed by atoms with van der Waals surface area (Å²) < 4.78 is 7.38. The number of hydrogen-bond acceptors (Lipinski definition) is 6. The third-order valence-electron chi connectivity index (χ3n) is 5.73. The van der Waals surface area contributed by atoms with Gasteiger partial charge in [-0.3, -0.25) is 9.13 Å². The van der Waals surface area contributed by atoms with Crippen LogP contribution in [0.3, 0.4) is 0 Å². The third kappa shape index (κ3) is 10.0. The number of carbonyl (C=O) groups excluding carboxylic acids is 1. The van der Waals surface area contributed by atoms with Crippen molar-refractivity contribution in [2.45, 2.75) is 77.7 Å². The maximum Gasteiger partial charge on any atom is 0.212 e. The first-order chi connectivity index (χ1) is 17.8. The van der Waals surface area contributed by atoms with Crippen molar-refractivity contribution in [3.05, 3.63) is 36.2 Å². The molecule has 0 radical (unpaired) electrons. The van der Waals surface area contributed by atoms with Crippen molar-refractivity contribution in [2.24, 2.45) is 5.92 Å². The van der Waals surface area contributed by atoms with Crippen LogP contribution in [0.15, 0.2) is 35.2 Å². The Morgan fingerprint density at radius 3 is 2.38 bits per heavy atom. The number of amides is 1. The van der Waals surface area contributed by atoms with Crippen molar-refractivity contribution < 1.29 is 9.53 Å². The summed E-state index contributed by atoms with van der Waals surface area (Å²) in [5.74, 6) is 2.48. The normalized spacial score (nSPS) is 15.7. The fourth-order valence-corrected chi connectivity index (χ4v) is 6.16. The van der Waals surface area contributed by atoms with E-state index in [1.165, 1.54) is 25.7 Å². The zero-order chi connectivity index (χ0) is 27.4. The molecular formula is C27H41IN5O2PS. The molecule has 0 bridgehead atoms. The Kier molecular flexibility index (Phi) is 13.6. The molecule has 2 fully saturated rings. The molecule has 37 heavy (non-hydrogen) atoms. The maximum absolute atomic E-state index is 10.8. The molecule has 3 heterocycles. The van der Waals surface area contributed by atoms with E-state index in [1.54, 1.807) is 17.8 Å². The summed E-state index contributed by atoms with van der Waals surface area (Å²) in [7, 11) is 0. The van der Waals surface area contributed by atoms with Gasteiger partial charge in [-0.15, -0.1) is 11.8 Å². The minimum atomic E-state index is 0.194. The molecule has 10 heteroatoms. The molecule has 204 valence electrons. The minimum absolute atomic E-state index is 0.194. The number of rotatable bonds is 6. The summed E-state index contributed by atoms with van der Waals surface area (Å²) in [6.07, 6.45) is 8.60. The van der Waals surface area contributed by atoms with Gasteiger partial charge in [-0.1, -0.05) is 45.7 Å². The van der Waals surface area contributed by atoms with Gasteiger partial charge in [0.2, 0.25) is 6.41 Å². The van der Waals surface area contributed by atoms with E-state index in [9.17, 15) is 4.79 Å². The second kappa shape index (κ2) is 15.9. The molecule has 1 saturated carbocycles. The standard InChI is InChI=1S/C15H15IN5OPS.C6H12O.C4H8.C2H6/c1-9-18-14-11(19-10-5-3-4-6-12(10)24-2)7-13(17-8-22)20-15(14)21(9)23-16;1-6(2)4-3-5-7-6;1-4-2-3-4;1-2/h3-8,23H,1-2H3,(H2,17,19,20,22);3-5H2,1-2H3;4H,2-3H2,1H3;1-2H3. The fourth-order valence-electron chi connectivity index (χ4n) is 3.47. The van der Waals surface area contributed by atoms with E-state index in [2.05, 4.69) is 69.5 Å². The van der Waals surface area contributed by atoms with Crippen LogP contribution in [0.2, 0.25) is 0 Å². The molecule has 1 atom stereocenters. The number of benzene rings is 1. The van der Waals surface area contributed by atoms with Crippen LogP contribution in [-0.4, -0.2) is 39.2 Å². The van der Waals surface area contributed by atoms with Crippen LogP contribution < -0.4 is 10.6 Å². The van der Waals surface area contributed by atoms with Crippen molar-refractivity contribution in [1.82, 2.24) is 14.3 Å². The Morgan fingerprint density at radius 2 is 1.89 bits per heavy atom. The van der Waals surface area contributed by atoms with Crippen LogP contribution in [0.25, 0.3) is 11.2 Å². The second-order valence-electron chi connectivity index (χ2n) is 9.29. The van der Waals surface area contributed by atoms with Crippen molar-refractivity contribution in [1.29, 1.82) is 0 Å². The highest BCUT2D eigenvalue weighted by atomic mass is 127. The first-order valence-corrected chi connectivity index (χ1v) is 18.1. The summed E-state index contributed by atoms with van der Waals surface area (Å²) >= 11 is 3.97. The Morgan fingerprint density at radius 1 is 1.22 bits per heavy atom. The van der Waals surface area contributed by atoms with Crippen LogP contribution in [0, 0.1) is 12.8 Å². The monoisotopic (exact) mass is 657 g/mol. The predicted molar refractivity (Wildman–Crippen MR) is 170 cm³/mol. The number of nitrogens with one attached hydrogen (secondary N) is 2. The highest BCUT2D eigenvalue weighted by Gasteiger charge is 2.22. The van der Waals surface area contributed by atoms with E-state index in [4.69, 9.17) is 4.74 Å². The van der Waals surface area contributed by atoms with E-state index >= 15 is 0 Å². The van der Waals surface area contributed by atoms with Gasteiger partial charge in [0.25, 0.3) is 0 Å².